The predicted octanol–water partition coefficient (Wildman–Crippen LogP) is 5.31. The molecule has 33 heavy (non-hydrogen) atoms. The fourth-order valence-corrected chi connectivity index (χ4v) is 3.82. The molecule has 0 bridgehead atoms. The summed E-state index contributed by atoms with van der Waals surface area (Å²) in [5.41, 5.74) is 5.14. The minimum absolute atomic E-state index is 0.483. The van der Waals surface area contributed by atoms with Crippen molar-refractivity contribution in [1.82, 2.24) is 24.2 Å². The Morgan fingerprint density at radius 1 is 1.18 bits per heavy atom. The number of unbranched alkanes of at least 4 members (excludes halogenated alkanes) is 1. The van der Waals surface area contributed by atoms with Crippen molar-refractivity contribution in [3.63, 3.8) is 0 Å². The Balaban J connectivity index is 1.98. The van der Waals surface area contributed by atoms with Crippen molar-refractivity contribution in [3.05, 3.63) is 85.1 Å². The normalized spacial score (nSPS) is 11.9. The summed E-state index contributed by atoms with van der Waals surface area (Å²) in [5, 5.41) is 4.28. The van der Waals surface area contributed by atoms with E-state index in [9.17, 15) is 0 Å². The lowest BCUT2D eigenvalue weighted by molar-refractivity contribution is 0.365. The number of rotatable bonds is 12. The third-order valence-corrected chi connectivity index (χ3v) is 5.40. The van der Waals surface area contributed by atoms with Gasteiger partial charge in [-0.3, -0.25) is 4.68 Å². The van der Waals surface area contributed by atoms with E-state index in [1.165, 1.54) is 5.56 Å². The van der Waals surface area contributed by atoms with Crippen LogP contribution >= 0.6 is 0 Å². The number of allylic oxidation sites excluding steroid dienone is 4. The van der Waals surface area contributed by atoms with E-state index in [0.29, 0.717) is 6.61 Å². The average molecular weight is 446 g/mol. The first kappa shape index (κ1) is 24.1. The second kappa shape index (κ2) is 11.4. The summed E-state index contributed by atoms with van der Waals surface area (Å²) in [6.07, 6.45) is 16.8. The van der Waals surface area contributed by atoms with Gasteiger partial charge in [-0.2, -0.15) is 5.10 Å². The van der Waals surface area contributed by atoms with Crippen LogP contribution in [0.2, 0.25) is 0 Å². The van der Waals surface area contributed by atoms with Gasteiger partial charge in [0.2, 0.25) is 0 Å². The molecule has 3 rings (SSSR count). The molecule has 1 aromatic carbocycles. The number of aromatic nitrogens is 4. The van der Waals surface area contributed by atoms with E-state index < -0.39 is 0 Å². The Morgan fingerprint density at radius 2 is 2.00 bits per heavy atom. The van der Waals surface area contributed by atoms with Gasteiger partial charge in [-0.15, -0.1) is 6.58 Å². The maximum Gasteiger partial charge on any atom is 0.155 e. The average Bonchev–Trinajstić information content (AvgIpc) is 3.34. The highest BCUT2D eigenvalue weighted by Gasteiger charge is 2.18. The molecule has 174 valence electrons. The van der Waals surface area contributed by atoms with E-state index in [1.54, 1.807) is 0 Å². The molecular weight excluding hydrogens is 410 g/mol. The summed E-state index contributed by atoms with van der Waals surface area (Å²) in [7, 11) is 5.95. The van der Waals surface area contributed by atoms with Crippen LogP contribution in [0, 0.1) is 6.92 Å². The molecule has 0 aliphatic rings. The Bertz CT molecular complexity index is 1160. The van der Waals surface area contributed by atoms with Crippen molar-refractivity contribution in [3.8, 4) is 5.75 Å². The highest BCUT2D eigenvalue weighted by atomic mass is 16.5. The quantitative estimate of drug-likeness (QED) is 0.215. The van der Waals surface area contributed by atoms with Crippen LogP contribution in [0.25, 0.3) is 16.6 Å². The van der Waals surface area contributed by atoms with Crippen molar-refractivity contribution < 1.29 is 4.74 Å². The lowest BCUT2D eigenvalue weighted by atomic mass is 10.0. The zero-order chi connectivity index (χ0) is 23.8. The Kier molecular flexibility index (Phi) is 8.30. The number of nitrogens with zero attached hydrogens (tertiary/aromatic N) is 5. The molecule has 6 nitrogen and oxygen atoms in total. The van der Waals surface area contributed by atoms with Gasteiger partial charge in [-0.1, -0.05) is 30.9 Å². The highest BCUT2D eigenvalue weighted by Crippen LogP contribution is 2.35. The van der Waals surface area contributed by atoms with Gasteiger partial charge in [0.15, 0.2) is 5.75 Å². The molecule has 2 aromatic heterocycles. The van der Waals surface area contributed by atoms with Crippen molar-refractivity contribution in [2.75, 3.05) is 20.7 Å². The molecule has 0 spiro atoms. The van der Waals surface area contributed by atoms with Gasteiger partial charge < -0.3 is 14.2 Å². The van der Waals surface area contributed by atoms with E-state index in [0.717, 1.165) is 59.6 Å². The first-order valence-corrected chi connectivity index (χ1v) is 11.3. The minimum atomic E-state index is 0.483. The predicted molar refractivity (Wildman–Crippen MR) is 137 cm³/mol. The van der Waals surface area contributed by atoms with Crippen LogP contribution in [0.3, 0.4) is 0 Å². The molecule has 0 saturated carbocycles. The number of hydrogen-bond acceptors (Lipinski definition) is 4. The molecule has 0 fully saturated rings. The Hall–Kier alpha value is -3.54. The van der Waals surface area contributed by atoms with E-state index in [1.807, 2.05) is 62.2 Å². The number of imidazole rings is 1. The summed E-state index contributed by atoms with van der Waals surface area (Å²) >= 11 is 0. The van der Waals surface area contributed by atoms with Gasteiger partial charge >= 0.3 is 0 Å². The summed E-state index contributed by atoms with van der Waals surface area (Å²) in [6.45, 7) is 11.2. The Labute approximate surface area is 197 Å². The first-order chi connectivity index (χ1) is 15.9. The molecular formula is C27H35N5O. The lowest BCUT2D eigenvalue weighted by Gasteiger charge is -2.15. The molecule has 0 N–H and O–H groups in total. The fraction of sp³-hybridized carbons (Fsp3) is 0.333. The summed E-state index contributed by atoms with van der Waals surface area (Å²) in [5.74, 6) is 1.76. The third kappa shape index (κ3) is 6.04. The SMILES string of the molecule is C=CCC/C=C\COc1c(/C(C=C)=C/N(C)C)ccc2c1nc(C)n2CCc1cnn(C)c1. The van der Waals surface area contributed by atoms with E-state index >= 15 is 0 Å². The van der Waals surface area contributed by atoms with Crippen LogP contribution in [0.15, 0.2) is 68.2 Å². The second-order valence-electron chi connectivity index (χ2n) is 8.29. The van der Waals surface area contributed by atoms with Gasteiger partial charge in [0.25, 0.3) is 0 Å². The van der Waals surface area contributed by atoms with Crippen LogP contribution in [-0.2, 0) is 20.0 Å². The van der Waals surface area contributed by atoms with Crippen molar-refractivity contribution in [2.24, 2.45) is 7.05 Å². The molecule has 0 atom stereocenters. The van der Waals surface area contributed by atoms with Gasteiger partial charge in [0.05, 0.1) is 11.7 Å². The van der Waals surface area contributed by atoms with Crippen LogP contribution in [0.4, 0.5) is 0 Å². The standard InChI is InChI=1S/C27H35N5O/c1-7-9-10-11-12-17-33-27-24(23(8-2)20-30(4)5)13-14-25-26(27)29-21(3)32(25)16-15-22-18-28-31(6)19-22/h7-8,11-14,18-20H,1-2,9-10,15-17H2,3-6H3/b12-11-,23-20+. The second-order valence-corrected chi connectivity index (χ2v) is 8.29. The molecule has 0 aliphatic carbocycles. The smallest absolute Gasteiger partial charge is 0.155 e. The van der Waals surface area contributed by atoms with Gasteiger partial charge in [-0.25, -0.2) is 4.98 Å². The van der Waals surface area contributed by atoms with E-state index in [2.05, 4.69) is 53.3 Å². The van der Waals surface area contributed by atoms with Crippen molar-refractivity contribution >= 4 is 16.6 Å². The maximum atomic E-state index is 6.32. The maximum absolute atomic E-state index is 6.32. The molecule has 0 unspecified atom stereocenters. The highest BCUT2D eigenvalue weighted by molar-refractivity contribution is 5.91. The summed E-state index contributed by atoms with van der Waals surface area (Å²) < 4.78 is 10.4. The number of ether oxygens (including phenoxy) is 1. The molecule has 0 radical (unpaired) electrons. The topological polar surface area (TPSA) is 48.1 Å². The number of aryl methyl sites for hydroxylation is 4. The van der Waals surface area contributed by atoms with E-state index in [4.69, 9.17) is 9.72 Å². The van der Waals surface area contributed by atoms with Gasteiger partial charge in [-0.05, 0) is 43.9 Å². The van der Waals surface area contributed by atoms with Crippen molar-refractivity contribution in [2.45, 2.75) is 32.7 Å². The zero-order valence-electron chi connectivity index (χ0n) is 20.3. The first-order valence-electron chi connectivity index (χ1n) is 11.3. The molecule has 2 heterocycles. The lowest BCUT2D eigenvalue weighted by Crippen LogP contribution is -2.05. The Morgan fingerprint density at radius 3 is 2.67 bits per heavy atom. The fourth-order valence-electron chi connectivity index (χ4n) is 3.82. The molecule has 0 amide bonds. The monoisotopic (exact) mass is 445 g/mol. The molecule has 0 aliphatic heterocycles. The summed E-state index contributed by atoms with van der Waals surface area (Å²) in [6, 6.07) is 4.24. The van der Waals surface area contributed by atoms with Crippen LogP contribution in [0.1, 0.15) is 29.8 Å². The van der Waals surface area contributed by atoms with Crippen LogP contribution in [0.5, 0.6) is 5.75 Å². The number of hydrogen-bond donors (Lipinski definition) is 0. The minimum Gasteiger partial charge on any atom is -0.487 e. The molecule has 0 saturated heterocycles. The molecule has 6 heteroatoms. The van der Waals surface area contributed by atoms with Gasteiger partial charge in [0.1, 0.15) is 17.9 Å². The third-order valence-electron chi connectivity index (χ3n) is 5.40. The van der Waals surface area contributed by atoms with E-state index in [-0.39, 0.29) is 0 Å². The largest absolute Gasteiger partial charge is 0.487 e. The summed E-state index contributed by atoms with van der Waals surface area (Å²) in [4.78, 5) is 6.93. The zero-order valence-corrected chi connectivity index (χ0v) is 20.3. The van der Waals surface area contributed by atoms with Gasteiger partial charge in [0, 0.05) is 51.2 Å². The number of benzene rings is 1. The van der Waals surface area contributed by atoms with Crippen molar-refractivity contribution in [1.29, 1.82) is 0 Å². The molecule has 3 aromatic rings. The van der Waals surface area contributed by atoms with Crippen LogP contribution < -0.4 is 4.74 Å². The van der Waals surface area contributed by atoms with Crippen LogP contribution in [-0.4, -0.2) is 44.9 Å². The number of fused-ring (bicyclic) bond motifs is 1.